The second-order valence-electron chi connectivity index (χ2n) is 5.58. The number of carbonyl (C=O) groups excluding carboxylic acids is 2. The highest BCUT2D eigenvalue weighted by Gasteiger charge is 2.28. The Hall–Kier alpha value is -1.06. The molecule has 0 bridgehead atoms. The van der Waals surface area contributed by atoms with Crippen molar-refractivity contribution in [3.05, 3.63) is 0 Å². The molecule has 4 heteroatoms. The van der Waals surface area contributed by atoms with E-state index in [0.29, 0.717) is 6.54 Å². The van der Waals surface area contributed by atoms with Crippen LogP contribution in [-0.4, -0.2) is 35.5 Å². The van der Waals surface area contributed by atoms with Crippen LogP contribution in [0.5, 0.6) is 0 Å². The van der Waals surface area contributed by atoms with Gasteiger partial charge in [0, 0.05) is 6.54 Å². The Morgan fingerprint density at radius 2 is 1.88 bits per heavy atom. The maximum absolute atomic E-state index is 12.0. The van der Waals surface area contributed by atoms with Crippen molar-refractivity contribution in [1.82, 2.24) is 4.90 Å². The quantitative estimate of drug-likeness (QED) is 0.663. The Kier molecular flexibility index (Phi) is 4.97. The molecule has 1 atom stereocenters. The van der Waals surface area contributed by atoms with Gasteiger partial charge >= 0.3 is 6.09 Å². The Morgan fingerprint density at radius 1 is 1.24 bits per heavy atom. The molecule has 1 unspecified atom stereocenters. The summed E-state index contributed by atoms with van der Waals surface area (Å²) < 4.78 is 5.33. The molecule has 1 heterocycles. The van der Waals surface area contributed by atoms with Gasteiger partial charge in [-0.1, -0.05) is 19.3 Å². The van der Waals surface area contributed by atoms with E-state index in [1.165, 1.54) is 0 Å². The van der Waals surface area contributed by atoms with Crippen molar-refractivity contribution in [2.75, 3.05) is 6.54 Å². The van der Waals surface area contributed by atoms with E-state index < -0.39 is 5.60 Å². The summed E-state index contributed by atoms with van der Waals surface area (Å²) in [7, 11) is 0. The first-order chi connectivity index (χ1) is 7.94. The first-order valence-corrected chi connectivity index (χ1v) is 6.39. The summed E-state index contributed by atoms with van der Waals surface area (Å²) in [6, 6.07) is -0.315. The summed E-state index contributed by atoms with van der Waals surface area (Å²) >= 11 is 0. The minimum Gasteiger partial charge on any atom is -0.444 e. The summed E-state index contributed by atoms with van der Waals surface area (Å²) in [6.45, 7) is 6.14. The zero-order valence-electron chi connectivity index (χ0n) is 11.1. The van der Waals surface area contributed by atoms with E-state index in [4.69, 9.17) is 4.74 Å². The summed E-state index contributed by atoms with van der Waals surface area (Å²) in [6.07, 6.45) is 5.47. The zero-order chi connectivity index (χ0) is 12.9. The van der Waals surface area contributed by atoms with Crippen molar-refractivity contribution in [2.45, 2.75) is 64.5 Å². The van der Waals surface area contributed by atoms with Crippen LogP contribution in [0.4, 0.5) is 4.79 Å². The maximum atomic E-state index is 12.0. The summed E-state index contributed by atoms with van der Waals surface area (Å²) in [5, 5.41) is 0. The van der Waals surface area contributed by atoms with E-state index >= 15 is 0 Å². The van der Waals surface area contributed by atoms with Crippen molar-refractivity contribution in [3.8, 4) is 0 Å². The highest BCUT2D eigenvalue weighted by Crippen LogP contribution is 2.18. The molecule has 1 rings (SSSR count). The normalized spacial score (nSPS) is 22.5. The number of aldehydes is 1. The second-order valence-corrected chi connectivity index (χ2v) is 5.58. The molecule has 98 valence electrons. The van der Waals surface area contributed by atoms with Crippen LogP contribution in [0, 0.1) is 0 Å². The van der Waals surface area contributed by atoms with Crippen LogP contribution >= 0.6 is 0 Å². The molecule has 0 N–H and O–H groups in total. The van der Waals surface area contributed by atoms with Gasteiger partial charge in [0.2, 0.25) is 0 Å². The van der Waals surface area contributed by atoms with E-state index in [2.05, 4.69) is 0 Å². The lowest BCUT2D eigenvalue weighted by Gasteiger charge is -2.32. The van der Waals surface area contributed by atoms with Crippen LogP contribution in [0.15, 0.2) is 0 Å². The molecule has 1 saturated heterocycles. The number of carbonyl (C=O) groups is 2. The number of likely N-dealkylation sites (tertiary alicyclic amines) is 1. The Labute approximate surface area is 103 Å². The van der Waals surface area contributed by atoms with Gasteiger partial charge in [-0.15, -0.1) is 0 Å². The minimum atomic E-state index is -0.507. The van der Waals surface area contributed by atoms with Crippen molar-refractivity contribution < 1.29 is 14.3 Å². The van der Waals surface area contributed by atoms with E-state index in [0.717, 1.165) is 38.4 Å². The number of hydrogen-bond donors (Lipinski definition) is 0. The Bertz CT molecular complexity index is 270. The topological polar surface area (TPSA) is 46.6 Å². The van der Waals surface area contributed by atoms with Gasteiger partial charge in [0.15, 0.2) is 0 Å². The monoisotopic (exact) mass is 241 g/mol. The lowest BCUT2D eigenvalue weighted by atomic mass is 10.0. The third-order valence-electron chi connectivity index (χ3n) is 2.83. The van der Waals surface area contributed by atoms with Crippen LogP contribution in [-0.2, 0) is 9.53 Å². The second kappa shape index (κ2) is 6.03. The lowest BCUT2D eigenvalue weighted by molar-refractivity contribution is -0.113. The molecule has 1 aliphatic heterocycles. The zero-order valence-corrected chi connectivity index (χ0v) is 11.1. The van der Waals surface area contributed by atoms with E-state index in [1.54, 1.807) is 4.90 Å². The van der Waals surface area contributed by atoms with Crippen molar-refractivity contribution in [2.24, 2.45) is 0 Å². The van der Waals surface area contributed by atoms with E-state index in [1.807, 2.05) is 20.8 Å². The average molecular weight is 241 g/mol. The van der Waals surface area contributed by atoms with Crippen molar-refractivity contribution >= 4 is 12.4 Å². The van der Waals surface area contributed by atoms with Gasteiger partial charge in [-0.2, -0.15) is 0 Å². The lowest BCUT2D eigenvalue weighted by Crippen LogP contribution is -2.45. The highest BCUT2D eigenvalue weighted by atomic mass is 16.6. The first-order valence-electron chi connectivity index (χ1n) is 6.39. The fourth-order valence-corrected chi connectivity index (χ4v) is 2.00. The minimum absolute atomic E-state index is 0.315. The summed E-state index contributed by atoms with van der Waals surface area (Å²) in [5.74, 6) is 0. The molecule has 0 radical (unpaired) electrons. The molecule has 0 saturated carbocycles. The molecular weight excluding hydrogens is 218 g/mol. The molecule has 1 aliphatic rings. The third-order valence-corrected chi connectivity index (χ3v) is 2.83. The van der Waals surface area contributed by atoms with Gasteiger partial charge in [0.1, 0.15) is 11.9 Å². The molecule has 0 aromatic carbocycles. The number of ether oxygens (including phenoxy) is 1. The number of rotatable bonds is 1. The van der Waals surface area contributed by atoms with E-state index in [-0.39, 0.29) is 12.1 Å². The van der Waals surface area contributed by atoms with Crippen LogP contribution < -0.4 is 0 Å². The first kappa shape index (κ1) is 14.0. The fraction of sp³-hybridized carbons (Fsp3) is 0.846. The number of nitrogens with zero attached hydrogens (tertiary/aromatic N) is 1. The molecule has 4 nitrogen and oxygen atoms in total. The molecule has 0 aromatic heterocycles. The van der Waals surface area contributed by atoms with Gasteiger partial charge in [0.25, 0.3) is 0 Å². The molecule has 0 aromatic rings. The van der Waals surface area contributed by atoms with Gasteiger partial charge in [-0.3, -0.25) is 4.90 Å². The number of hydrogen-bond acceptors (Lipinski definition) is 3. The van der Waals surface area contributed by atoms with Crippen LogP contribution in [0.1, 0.15) is 52.9 Å². The molecule has 17 heavy (non-hydrogen) atoms. The van der Waals surface area contributed by atoms with Crippen LogP contribution in [0.2, 0.25) is 0 Å². The van der Waals surface area contributed by atoms with Gasteiger partial charge in [0.05, 0.1) is 6.04 Å². The van der Waals surface area contributed by atoms with Crippen molar-refractivity contribution in [3.63, 3.8) is 0 Å². The predicted molar refractivity (Wildman–Crippen MR) is 65.9 cm³/mol. The average Bonchev–Trinajstić information content (AvgIpc) is 2.14. The molecular formula is C13H23NO3. The fourth-order valence-electron chi connectivity index (χ4n) is 2.00. The van der Waals surface area contributed by atoms with Crippen molar-refractivity contribution in [1.29, 1.82) is 0 Å². The van der Waals surface area contributed by atoms with Crippen LogP contribution in [0.25, 0.3) is 0 Å². The standard InChI is InChI=1S/C13H23NO3/c1-13(2,3)17-12(16)14-9-7-5-4-6-8-11(14)10-15/h10-11H,4-9H2,1-3H3. The van der Waals surface area contributed by atoms with Gasteiger partial charge in [-0.25, -0.2) is 4.79 Å². The SMILES string of the molecule is CC(C)(C)OC(=O)N1CCCCCCC1C=O. The summed E-state index contributed by atoms with van der Waals surface area (Å²) in [5.41, 5.74) is -0.507. The Balaban J connectivity index is 2.67. The van der Waals surface area contributed by atoms with Gasteiger partial charge < -0.3 is 9.53 Å². The molecule has 1 fully saturated rings. The highest BCUT2D eigenvalue weighted by molar-refractivity contribution is 5.73. The van der Waals surface area contributed by atoms with E-state index in [9.17, 15) is 9.59 Å². The number of amides is 1. The molecule has 0 aliphatic carbocycles. The van der Waals surface area contributed by atoms with Gasteiger partial charge in [-0.05, 0) is 33.6 Å². The smallest absolute Gasteiger partial charge is 0.410 e. The van der Waals surface area contributed by atoms with Crippen LogP contribution in [0.3, 0.4) is 0 Å². The molecule has 0 spiro atoms. The Morgan fingerprint density at radius 3 is 2.47 bits per heavy atom. The predicted octanol–water partition coefficient (Wildman–Crippen LogP) is 2.76. The largest absolute Gasteiger partial charge is 0.444 e. The third kappa shape index (κ3) is 4.75. The summed E-state index contributed by atoms with van der Waals surface area (Å²) in [4.78, 5) is 24.6. The molecule has 1 amide bonds. The maximum Gasteiger partial charge on any atom is 0.410 e.